The van der Waals surface area contributed by atoms with E-state index in [1.54, 1.807) is 38.1 Å². The summed E-state index contributed by atoms with van der Waals surface area (Å²) in [4.78, 5) is 12.2. The van der Waals surface area contributed by atoms with Gasteiger partial charge in [-0.05, 0) is 62.4 Å². The van der Waals surface area contributed by atoms with Crippen molar-refractivity contribution in [1.29, 1.82) is 5.26 Å². The zero-order chi connectivity index (χ0) is 20.1. The number of carbonyl (C=O) groups is 1. The monoisotopic (exact) mass is 381 g/mol. The highest BCUT2D eigenvalue weighted by molar-refractivity contribution is 5.74. The number of nitriles is 1. The first-order chi connectivity index (χ1) is 13.5. The molecule has 0 saturated carbocycles. The van der Waals surface area contributed by atoms with Gasteiger partial charge in [0.05, 0.1) is 11.6 Å². The third-order valence-electron chi connectivity index (χ3n) is 3.80. The number of carbonyl (C=O) groups excluding carboxylic acids is 1. The molecule has 0 aliphatic rings. The van der Waals surface area contributed by atoms with Crippen LogP contribution in [-0.2, 0) is 9.53 Å². The molecule has 8 heteroatoms. The van der Waals surface area contributed by atoms with Crippen LogP contribution in [0, 0.1) is 17.1 Å². The minimum Gasteiger partial charge on any atom is -0.479 e. The summed E-state index contributed by atoms with van der Waals surface area (Å²) >= 11 is 0. The van der Waals surface area contributed by atoms with Crippen molar-refractivity contribution in [3.63, 3.8) is 0 Å². The van der Waals surface area contributed by atoms with E-state index >= 15 is 0 Å². The minimum atomic E-state index is -0.880. The number of hydrogen-bond donors (Lipinski definition) is 0. The highest BCUT2D eigenvalue weighted by Crippen LogP contribution is 2.23. The van der Waals surface area contributed by atoms with Crippen molar-refractivity contribution in [2.45, 2.75) is 26.1 Å². The van der Waals surface area contributed by atoms with Gasteiger partial charge in [-0.2, -0.15) is 5.26 Å². The number of nitrogens with zero attached hydrogens (tertiary/aromatic N) is 3. The maximum atomic E-state index is 13.0. The Hall–Kier alpha value is -3.73. The van der Waals surface area contributed by atoms with Gasteiger partial charge >= 0.3 is 5.97 Å². The summed E-state index contributed by atoms with van der Waals surface area (Å²) < 4.78 is 29.3. The van der Waals surface area contributed by atoms with Crippen LogP contribution in [0.15, 0.2) is 52.9 Å². The zero-order valence-corrected chi connectivity index (χ0v) is 15.1. The normalized spacial score (nSPS) is 12.6. The van der Waals surface area contributed by atoms with Crippen molar-refractivity contribution in [1.82, 2.24) is 10.2 Å². The van der Waals surface area contributed by atoms with Gasteiger partial charge in [-0.1, -0.05) is 0 Å². The van der Waals surface area contributed by atoms with E-state index in [4.69, 9.17) is 19.2 Å². The molecule has 0 aliphatic carbocycles. The van der Waals surface area contributed by atoms with E-state index in [1.165, 1.54) is 24.3 Å². The van der Waals surface area contributed by atoms with Crippen molar-refractivity contribution in [3.8, 4) is 23.3 Å². The predicted molar refractivity (Wildman–Crippen MR) is 95.4 cm³/mol. The topological polar surface area (TPSA) is 98.2 Å². The van der Waals surface area contributed by atoms with Crippen LogP contribution in [-0.4, -0.2) is 22.3 Å². The van der Waals surface area contributed by atoms with Crippen LogP contribution in [0.5, 0.6) is 5.75 Å². The average molecular weight is 381 g/mol. The van der Waals surface area contributed by atoms with Gasteiger partial charge in [-0.25, -0.2) is 9.18 Å². The van der Waals surface area contributed by atoms with E-state index in [0.29, 0.717) is 16.9 Å². The van der Waals surface area contributed by atoms with E-state index < -0.39 is 18.2 Å². The Kier molecular flexibility index (Phi) is 5.65. The molecule has 0 unspecified atom stereocenters. The molecule has 0 saturated heterocycles. The molecule has 28 heavy (non-hydrogen) atoms. The number of halogens is 1. The smallest absolute Gasteiger partial charge is 0.347 e. The molecular formula is C20H16FN3O4. The van der Waals surface area contributed by atoms with Crippen LogP contribution >= 0.6 is 0 Å². The maximum absolute atomic E-state index is 13.0. The molecule has 0 bridgehead atoms. The third kappa shape index (κ3) is 4.51. The zero-order valence-electron chi connectivity index (χ0n) is 15.1. The fraction of sp³-hybridized carbons (Fsp3) is 0.200. The van der Waals surface area contributed by atoms with Gasteiger partial charge in [0, 0.05) is 5.56 Å². The largest absolute Gasteiger partial charge is 0.479 e. The lowest BCUT2D eigenvalue weighted by Crippen LogP contribution is -2.27. The first kappa shape index (κ1) is 19.0. The molecule has 0 N–H and O–H groups in total. The fourth-order valence-corrected chi connectivity index (χ4v) is 2.29. The molecule has 1 heterocycles. The molecule has 3 aromatic rings. The second kappa shape index (κ2) is 8.31. The van der Waals surface area contributed by atoms with Crippen LogP contribution in [0.1, 0.15) is 31.4 Å². The second-order valence-corrected chi connectivity index (χ2v) is 5.93. The third-order valence-corrected chi connectivity index (χ3v) is 3.80. The number of rotatable bonds is 6. The van der Waals surface area contributed by atoms with Crippen LogP contribution in [0.2, 0.25) is 0 Å². The van der Waals surface area contributed by atoms with Crippen molar-refractivity contribution >= 4 is 5.97 Å². The maximum Gasteiger partial charge on any atom is 0.347 e. The molecule has 0 fully saturated rings. The molecule has 0 radical (unpaired) electrons. The van der Waals surface area contributed by atoms with Crippen molar-refractivity contribution in [2.75, 3.05) is 0 Å². The van der Waals surface area contributed by atoms with Gasteiger partial charge in [0.2, 0.25) is 5.89 Å². The molecule has 3 rings (SSSR count). The Morgan fingerprint density at radius 3 is 2.43 bits per heavy atom. The summed E-state index contributed by atoms with van der Waals surface area (Å²) in [7, 11) is 0. The molecule has 0 aliphatic heterocycles. The predicted octanol–water partition coefficient (Wildman–Crippen LogP) is 3.82. The van der Waals surface area contributed by atoms with Gasteiger partial charge < -0.3 is 13.9 Å². The summed E-state index contributed by atoms with van der Waals surface area (Å²) in [5.74, 6) is -0.244. The van der Waals surface area contributed by atoms with Crippen molar-refractivity contribution in [3.05, 3.63) is 65.8 Å². The standard InChI is InChI=1S/C20H16FN3O4/c1-12(18-23-24-19(28-18)15-5-7-16(21)8-6-15)27-20(25)13(2)26-17-9-3-14(11-22)4-10-17/h3-10,12-13H,1-2H3/t12-,13-/m0/s1. The van der Waals surface area contributed by atoms with Gasteiger partial charge in [0.15, 0.2) is 12.2 Å². The average Bonchev–Trinajstić information content (AvgIpc) is 3.19. The van der Waals surface area contributed by atoms with E-state index in [1.807, 2.05) is 6.07 Å². The first-order valence-corrected chi connectivity index (χ1v) is 8.43. The quantitative estimate of drug-likeness (QED) is 0.599. The summed E-state index contributed by atoms with van der Waals surface area (Å²) in [5, 5.41) is 16.5. The first-order valence-electron chi connectivity index (χ1n) is 8.43. The van der Waals surface area contributed by atoms with Gasteiger partial charge in [0.1, 0.15) is 11.6 Å². The molecule has 0 spiro atoms. The molecular weight excluding hydrogens is 365 g/mol. The van der Waals surface area contributed by atoms with E-state index in [0.717, 1.165) is 0 Å². The fourth-order valence-electron chi connectivity index (χ4n) is 2.29. The van der Waals surface area contributed by atoms with Gasteiger partial charge in [-0.15, -0.1) is 10.2 Å². The van der Waals surface area contributed by atoms with Gasteiger partial charge in [-0.3, -0.25) is 0 Å². The Morgan fingerprint density at radius 1 is 1.11 bits per heavy atom. The molecule has 0 amide bonds. The van der Waals surface area contributed by atoms with Crippen LogP contribution in [0.4, 0.5) is 4.39 Å². The summed E-state index contributed by atoms with van der Waals surface area (Å²) in [5.41, 5.74) is 1.04. The van der Waals surface area contributed by atoms with Crippen molar-refractivity contribution in [2.24, 2.45) is 0 Å². The molecule has 2 aromatic carbocycles. The second-order valence-electron chi connectivity index (χ2n) is 5.93. The van der Waals surface area contributed by atoms with Crippen LogP contribution in [0.3, 0.4) is 0 Å². The van der Waals surface area contributed by atoms with Crippen LogP contribution < -0.4 is 4.74 Å². The van der Waals surface area contributed by atoms with Crippen molar-refractivity contribution < 1.29 is 23.1 Å². The number of ether oxygens (including phenoxy) is 2. The Morgan fingerprint density at radius 2 is 1.79 bits per heavy atom. The Balaban J connectivity index is 1.60. The molecule has 2 atom stereocenters. The molecule has 7 nitrogen and oxygen atoms in total. The summed E-state index contributed by atoms with van der Waals surface area (Å²) in [6.07, 6.45) is -1.67. The molecule has 1 aromatic heterocycles. The number of aromatic nitrogens is 2. The number of hydrogen-bond acceptors (Lipinski definition) is 7. The Bertz CT molecular complexity index is 994. The highest BCUT2D eigenvalue weighted by Gasteiger charge is 2.23. The SMILES string of the molecule is C[C@H](Oc1ccc(C#N)cc1)C(=O)O[C@@H](C)c1nnc(-c2ccc(F)cc2)o1. The molecule has 142 valence electrons. The lowest BCUT2D eigenvalue weighted by atomic mass is 10.2. The number of esters is 1. The van der Waals surface area contributed by atoms with E-state index in [-0.39, 0.29) is 17.6 Å². The number of benzene rings is 2. The van der Waals surface area contributed by atoms with Gasteiger partial charge in [0.25, 0.3) is 5.89 Å². The lowest BCUT2D eigenvalue weighted by molar-refractivity contribution is -0.157. The summed E-state index contributed by atoms with van der Waals surface area (Å²) in [6.45, 7) is 3.14. The summed E-state index contributed by atoms with van der Waals surface area (Å²) in [6, 6.07) is 14.0. The highest BCUT2D eigenvalue weighted by atomic mass is 19.1. The minimum absolute atomic E-state index is 0.109. The van der Waals surface area contributed by atoms with Crippen LogP contribution in [0.25, 0.3) is 11.5 Å². The lowest BCUT2D eigenvalue weighted by Gasteiger charge is -2.16. The Labute approximate surface area is 160 Å². The van der Waals surface area contributed by atoms with E-state index in [9.17, 15) is 9.18 Å². The van der Waals surface area contributed by atoms with E-state index in [2.05, 4.69) is 10.2 Å².